The van der Waals surface area contributed by atoms with Crippen molar-refractivity contribution in [3.8, 4) is 5.75 Å². The van der Waals surface area contributed by atoms with Gasteiger partial charge in [0.15, 0.2) is 11.9 Å². The van der Waals surface area contributed by atoms with Crippen LogP contribution < -0.4 is 4.74 Å². The van der Waals surface area contributed by atoms with Crippen LogP contribution in [0.15, 0.2) is 18.2 Å². The highest BCUT2D eigenvalue weighted by molar-refractivity contribution is 5.93. The zero-order valence-electron chi connectivity index (χ0n) is 20.4. The summed E-state index contributed by atoms with van der Waals surface area (Å²) >= 11 is 0. The first kappa shape index (κ1) is 24.0. The second-order valence-electron chi connectivity index (χ2n) is 10.5. The largest absolute Gasteiger partial charge is 0.454 e. The Morgan fingerprint density at radius 1 is 1.06 bits per heavy atom. The van der Waals surface area contributed by atoms with Gasteiger partial charge in [0.05, 0.1) is 0 Å². The minimum Gasteiger partial charge on any atom is -0.454 e. The average Bonchev–Trinajstić information content (AvgIpc) is 3.06. The smallest absolute Gasteiger partial charge is 0.311 e. The summed E-state index contributed by atoms with van der Waals surface area (Å²) in [7, 11) is 0. The molecule has 0 N–H and O–H groups in total. The van der Waals surface area contributed by atoms with E-state index in [4.69, 9.17) is 9.47 Å². The van der Waals surface area contributed by atoms with E-state index in [2.05, 4.69) is 19.9 Å². The molecule has 2 saturated carbocycles. The SMILES string of the molecule is CCCCC(=O)Oc1ccc2c(c1)CC[C@@H]1[C@@H]2CC[C@]2(C)C(=O)[C@H](OC(=O)CCCC)C[C@@H]12. The van der Waals surface area contributed by atoms with Crippen molar-refractivity contribution in [1.29, 1.82) is 0 Å². The van der Waals surface area contributed by atoms with Gasteiger partial charge in [0, 0.05) is 18.3 Å². The Labute approximate surface area is 197 Å². The Morgan fingerprint density at radius 2 is 1.79 bits per heavy atom. The first-order chi connectivity index (χ1) is 15.9. The molecule has 0 heterocycles. The molecule has 4 rings (SSSR count). The fourth-order valence-corrected chi connectivity index (χ4v) is 6.53. The fraction of sp³-hybridized carbons (Fsp3) is 0.679. The summed E-state index contributed by atoms with van der Waals surface area (Å²) in [5, 5.41) is 0. The van der Waals surface area contributed by atoms with Crippen molar-refractivity contribution in [2.75, 3.05) is 0 Å². The fourth-order valence-electron chi connectivity index (χ4n) is 6.53. The standard InChI is InChI=1S/C28H38O5/c1-4-6-8-25(29)32-19-11-13-20-18(16-19)10-12-22-21(20)14-15-28(3)23(22)17-24(27(28)31)33-26(30)9-7-5-2/h11,13,16,21-24H,4-10,12,14-15,17H2,1-3H3/t21-,22-,23+,24-,28+/m1/s1. The maximum absolute atomic E-state index is 13.3. The highest BCUT2D eigenvalue weighted by Gasteiger charge is 2.59. The van der Waals surface area contributed by atoms with Gasteiger partial charge < -0.3 is 9.47 Å². The highest BCUT2D eigenvalue weighted by atomic mass is 16.5. The number of unbranched alkanes of at least 4 members (excludes halogenated alkanes) is 2. The molecule has 5 nitrogen and oxygen atoms in total. The molecule has 0 unspecified atom stereocenters. The predicted octanol–water partition coefficient (Wildman–Crippen LogP) is 5.92. The van der Waals surface area contributed by atoms with Crippen LogP contribution in [0.25, 0.3) is 0 Å². The van der Waals surface area contributed by atoms with Crippen molar-refractivity contribution in [3.05, 3.63) is 29.3 Å². The molecular formula is C28H38O5. The van der Waals surface area contributed by atoms with Gasteiger partial charge in [-0.25, -0.2) is 0 Å². The maximum Gasteiger partial charge on any atom is 0.311 e. The molecule has 1 aromatic rings. The van der Waals surface area contributed by atoms with E-state index in [1.165, 1.54) is 11.1 Å². The summed E-state index contributed by atoms with van der Waals surface area (Å²) in [5.41, 5.74) is 2.23. The Hall–Kier alpha value is -2.17. The van der Waals surface area contributed by atoms with Crippen LogP contribution in [0, 0.1) is 17.3 Å². The number of ketones is 1. The first-order valence-electron chi connectivity index (χ1n) is 12.9. The summed E-state index contributed by atoms with van der Waals surface area (Å²) in [6.45, 7) is 6.21. The van der Waals surface area contributed by atoms with Gasteiger partial charge in [-0.05, 0) is 86.0 Å². The van der Waals surface area contributed by atoms with Crippen LogP contribution in [-0.4, -0.2) is 23.8 Å². The van der Waals surface area contributed by atoms with Crippen molar-refractivity contribution in [2.45, 2.75) is 103 Å². The van der Waals surface area contributed by atoms with Crippen LogP contribution in [0.1, 0.15) is 102 Å². The molecule has 2 fully saturated rings. The molecule has 0 aromatic heterocycles. The van der Waals surface area contributed by atoms with Gasteiger partial charge in [0.1, 0.15) is 5.75 Å². The lowest BCUT2D eigenvalue weighted by molar-refractivity contribution is -0.155. The molecule has 3 aliphatic carbocycles. The van der Waals surface area contributed by atoms with Gasteiger partial charge in [-0.1, -0.05) is 39.7 Å². The molecule has 0 spiro atoms. The van der Waals surface area contributed by atoms with E-state index in [1.54, 1.807) is 0 Å². The Kier molecular flexibility index (Phi) is 7.25. The van der Waals surface area contributed by atoms with E-state index in [0.717, 1.165) is 51.4 Å². The lowest BCUT2D eigenvalue weighted by atomic mass is 9.55. The van der Waals surface area contributed by atoms with E-state index in [-0.39, 0.29) is 29.1 Å². The number of rotatable bonds is 8. The molecule has 3 aliphatic rings. The Bertz CT molecular complexity index is 906. The van der Waals surface area contributed by atoms with Crippen LogP contribution in [0.5, 0.6) is 5.75 Å². The van der Waals surface area contributed by atoms with Crippen LogP contribution >= 0.6 is 0 Å². The molecule has 5 atom stereocenters. The first-order valence-corrected chi connectivity index (χ1v) is 12.9. The van der Waals surface area contributed by atoms with Crippen LogP contribution in [0.2, 0.25) is 0 Å². The van der Waals surface area contributed by atoms with Crippen molar-refractivity contribution >= 4 is 17.7 Å². The molecule has 0 saturated heterocycles. The molecule has 33 heavy (non-hydrogen) atoms. The minimum absolute atomic E-state index is 0.135. The topological polar surface area (TPSA) is 69.7 Å². The van der Waals surface area contributed by atoms with E-state index in [1.807, 2.05) is 19.1 Å². The van der Waals surface area contributed by atoms with Gasteiger partial charge in [0.25, 0.3) is 0 Å². The van der Waals surface area contributed by atoms with E-state index in [0.29, 0.717) is 36.8 Å². The number of benzene rings is 1. The highest BCUT2D eigenvalue weighted by Crippen LogP contribution is 2.60. The Morgan fingerprint density at radius 3 is 2.52 bits per heavy atom. The predicted molar refractivity (Wildman–Crippen MR) is 126 cm³/mol. The van der Waals surface area contributed by atoms with Crippen LogP contribution in [-0.2, 0) is 25.5 Å². The van der Waals surface area contributed by atoms with Gasteiger partial charge >= 0.3 is 11.9 Å². The number of aryl methyl sites for hydroxylation is 1. The van der Waals surface area contributed by atoms with Gasteiger partial charge in [-0.3, -0.25) is 14.4 Å². The van der Waals surface area contributed by atoms with E-state index < -0.39 is 6.10 Å². The normalized spacial score (nSPS) is 30.2. The number of carbonyl (C=O) groups is 3. The number of ether oxygens (including phenoxy) is 2. The molecule has 0 amide bonds. The van der Waals surface area contributed by atoms with Crippen molar-refractivity contribution in [1.82, 2.24) is 0 Å². The molecule has 1 aromatic carbocycles. The van der Waals surface area contributed by atoms with Crippen molar-refractivity contribution < 1.29 is 23.9 Å². The van der Waals surface area contributed by atoms with Gasteiger partial charge in [0.2, 0.25) is 0 Å². The van der Waals surface area contributed by atoms with Crippen LogP contribution in [0.3, 0.4) is 0 Å². The lowest BCUT2D eigenvalue weighted by Gasteiger charge is -2.48. The summed E-state index contributed by atoms with van der Waals surface area (Å²) in [6, 6.07) is 6.11. The van der Waals surface area contributed by atoms with Crippen molar-refractivity contribution in [2.24, 2.45) is 17.3 Å². The summed E-state index contributed by atoms with van der Waals surface area (Å²) in [5.74, 6) is 1.48. The molecular weight excluding hydrogens is 416 g/mol. The van der Waals surface area contributed by atoms with Gasteiger partial charge in [-0.2, -0.15) is 0 Å². The summed E-state index contributed by atoms with van der Waals surface area (Å²) < 4.78 is 11.2. The number of hydrogen-bond acceptors (Lipinski definition) is 5. The summed E-state index contributed by atoms with van der Waals surface area (Å²) in [6.07, 6.45) is 8.28. The molecule has 0 radical (unpaired) electrons. The zero-order chi connectivity index (χ0) is 23.6. The monoisotopic (exact) mass is 454 g/mol. The maximum atomic E-state index is 13.3. The summed E-state index contributed by atoms with van der Waals surface area (Å²) in [4.78, 5) is 37.5. The van der Waals surface area contributed by atoms with Crippen LogP contribution in [0.4, 0.5) is 0 Å². The third-order valence-corrected chi connectivity index (χ3v) is 8.39. The molecule has 180 valence electrons. The number of hydrogen-bond donors (Lipinski definition) is 0. The number of carbonyl (C=O) groups excluding carboxylic acids is 3. The third-order valence-electron chi connectivity index (χ3n) is 8.39. The molecule has 0 bridgehead atoms. The molecule has 0 aliphatic heterocycles. The number of fused-ring (bicyclic) bond motifs is 5. The van der Waals surface area contributed by atoms with Gasteiger partial charge in [-0.15, -0.1) is 0 Å². The molecule has 5 heteroatoms. The van der Waals surface area contributed by atoms with E-state index >= 15 is 0 Å². The third kappa shape index (κ3) is 4.74. The number of Topliss-reactive ketones (excluding diaryl/α,β-unsaturated/α-hetero) is 1. The van der Waals surface area contributed by atoms with Crippen molar-refractivity contribution in [3.63, 3.8) is 0 Å². The second kappa shape index (κ2) is 9.99. The number of esters is 2. The quantitative estimate of drug-likeness (QED) is 0.360. The average molecular weight is 455 g/mol. The minimum atomic E-state index is -0.575. The second-order valence-corrected chi connectivity index (χ2v) is 10.5. The lowest BCUT2D eigenvalue weighted by Crippen LogP contribution is -2.43. The zero-order valence-corrected chi connectivity index (χ0v) is 20.4. The Balaban J connectivity index is 1.47. The van der Waals surface area contributed by atoms with E-state index in [9.17, 15) is 14.4 Å².